The first-order valence-corrected chi connectivity index (χ1v) is 25.2. The Kier molecular flexibility index (Phi) is 21.2. The number of hydrogen-bond donors (Lipinski definition) is 7. The molecule has 10 N–H and O–H groups in total. The van der Waals surface area contributed by atoms with Crippen molar-refractivity contribution in [3.63, 3.8) is 0 Å². The van der Waals surface area contributed by atoms with Crippen LogP contribution in [0.25, 0.3) is 0 Å². The van der Waals surface area contributed by atoms with Gasteiger partial charge in [-0.3, -0.25) is 14.6 Å². The topological polar surface area (TPSA) is 184 Å². The number of anilines is 6. The molecular weight excluding hydrogens is 981 g/mol. The van der Waals surface area contributed by atoms with Crippen LogP contribution < -0.4 is 38.5 Å². The minimum Gasteiger partial charge on any atom is -0.399 e. The number of halogens is 2. The van der Waals surface area contributed by atoms with Gasteiger partial charge in [0.05, 0.1) is 6.42 Å². The summed E-state index contributed by atoms with van der Waals surface area (Å²) in [5, 5.41) is 10.7. The van der Waals surface area contributed by atoms with Crippen molar-refractivity contribution < 1.29 is 23.2 Å². The van der Waals surface area contributed by atoms with Crippen molar-refractivity contribution in [2.45, 2.75) is 45.7 Å². The molecule has 0 fully saturated rings. The van der Waals surface area contributed by atoms with E-state index in [1.165, 1.54) is 70.8 Å². The summed E-state index contributed by atoms with van der Waals surface area (Å²) in [7, 11) is 0. The SMILES string of the molecule is NC(=O)Nc1ccccc1.Nc1ccc(CN(Cc2ccccc2)Cc2ccc(N)cc2)cc1.O=C(Cc1ccc(CN(Cc2ccccc2)Cc2ccc(NC(=O)Nc3ccc(F)cc3)cc2)cc1)Nc1ccc(F)cc1. The van der Waals surface area contributed by atoms with E-state index in [9.17, 15) is 23.2 Å². The molecule has 0 atom stereocenters. The largest absolute Gasteiger partial charge is 0.399 e. The van der Waals surface area contributed by atoms with Crippen molar-refractivity contribution in [2.75, 3.05) is 32.7 Å². The molecule has 9 aromatic carbocycles. The molecule has 5 amide bonds. The number of rotatable bonds is 18. The van der Waals surface area contributed by atoms with Gasteiger partial charge in [-0.15, -0.1) is 0 Å². The molecule has 0 saturated heterocycles. The lowest BCUT2D eigenvalue weighted by molar-refractivity contribution is -0.115. The number of primary amides is 1. The lowest BCUT2D eigenvalue weighted by atomic mass is 10.1. The summed E-state index contributed by atoms with van der Waals surface area (Å²) in [4.78, 5) is 39.8. The van der Waals surface area contributed by atoms with Crippen molar-refractivity contribution in [1.82, 2.24) is 9.80 Å². The third kappa shape index (κ3) is 20.2. The average Bonchev–Trinajstić information content (AvgIpc) is 3.44. The van der Waals surface area contributed by atoms with Gasteiger partial charge in [0.2, 0.25) is 5.91 Å². The molecule has 0 radical (unpaired) electrons. The maximum absolute atomic E-state index is 13.1. The molecule has 0 heterocycles. The third-order valence-electron chi connectivity index (χ3n) is 12.0. The number of carbonyl (C=O) groups is 3. The molecule has 0 spiro atoms. The Labute approximate surface area is 454 Å². The Hall–Kier alpha value is -9.63. The van der Waals surface area contributed by atoms with Gasteiger partial charge < -0.3 is 38.5 Å². The first kappa shape index (κ1) is 56.1. The van der Waals surface area contributed by atoms with Gasteiger partial charge in [-0.1, -0.05) is 140 Å². The second-order valence-corrected chi connectivity index (χ2v) is 18.4. The summed E-state index contributed by atoms with van der Waals surface area (Å²) in [5.74, 6) is -0.882. The maximum Gasteiger partial charge on any atom is 0.323 e. The first-order valence-electron chi connectivity index (χ1n) is 25.2. The number of hydrogen-bond acceptors (Lipinski definition) is 7. The van der Waals surface area contributed by atoms with Gasteiger partial charge in [0.1, 0.15) is 11.6 Å². The van der Waals surface area contributed by atoms with Gasteiger partial charge in [-0.05, 0) is 136 Å². The molecule has 396 valence electrons. The lowest BCUT2D eigenvalue weighted by Gasteiger charge is -2.23. The van der Waals surface area contributed by atoms with Gasteiger partial charge in [0.15, 0.2) is 0 Å². The van der Waals surface area contributed by atoms with Crippen LogP contribution in [-0.4, -0.2) is 27.8 Å². The zero-order valence-corrected chi connectivity index (χ0v) is 43.1. The van der Waals surface area contributed by atoms with Crippen molar-refractivity contribution in [2.24, 2.45) is 5.73 Å². The van der Waals surface area contributed by atoms with Crippen LogP contribution in [0.3, 0.4) is 0 Å². The van der Waals surface area contributed by atoms with Crippen LogP contribution in [0.2, 0.25) is 0 Å². The second kappa shape index (κ2) is 29.5. The molecule has 0 aromatic heterocycles. The highest BCUT2D eigenvalue weighted by Gasteiger charge is 2.12. The zero-order valence-electron chi connectivity index (χ0n) is 43.1. The minimum atomic E-state index is -0.536. The fourth-order valence-corrected chi connectivity index (χ4v) is 8.17. The molecule has 14 heteroatoms. The molecule has 0 bridgehead atoms. The number of urea groups is 2. The van der Waals surface area contributed by atoms with E-state index in [0.29, 0.717) is 30.2 Å². The monoisotopic (exact) mass is 1040 g/mol. The second-order valence-electron chi connectivity index (χ2n) is 18.4. The number of para-hydroxylation sites is 1. The highest BCUT2D eigenvalue weighted by molar-refractivity contribution is 5.99. The predicted octanol–water partition coefficient (Wildman–Crippen LogP) is 13.2. The number of nitrogens with one attached hydrogen (secondary N) is 4. The van der Waals surface area contributed by atoms with Crippen LogP contribution in [0.5, 0.6) is 0 Å². The Morgan fingerprint density at radius 2 is 0.615 bits per heavy atom. The zero-order chi connectivity index (χ0) is 54.9. The van der Waals surface area contributed by atoms with E-state index in [0.717, 1.165) is 59.9 Å². The molecule has 0 saturated carbocycles. The van der Waals surface area contributed by atoms with Gasteiger partial charge in [0.25, 0.3) is 0 Å². The molecule has 0 aliphatic carbocycles. The molecule has 0 aliphatic heterocycles. The first-order chi connectivity index (χ1) is 37.8. The minimum absolute atomic E-state index is 0.166. The smallest absolute Gasteiger partial charge is 0.323 e. The number of nitrogens with two attached hydrogens (primary N) is 3. The van der Waals surface area contributed by atoms with Crippen LogP contribution in [0.1, 0.15) is 38.9 Å². The molecular formula is C64H63F2N9O3. The van der Waals surface area contributed by atoms with Crippen molar-refractivity contribution in [3.05, 3.63) is 287 Å². The Balaban J connectivity index is 0.000000214. The quantitative estimate of drug-likeness (QED) is 0.0417. The number of amides is 5. The Bertz CT molecular complexity index is 3070. The summed E-state index contributed by atoms with van der Waals surface area (Å²) in [5.41, 5.74) is 28.6. The van der Waals surface area contributed by atoms with E-state index >= 15 is 0 Å². The molecule has 9 aromatic rings. The van der Waals surface area contributed by atoms with Crippen LogP contribution in [0.15, 0.2) is 237 Å². The average molecular weight is 1040 g/mol. The highest BCUT2D eigenvalue weighted by Crippen LogP contribution is 2.20. The number of nitrogen functional groups attached to an aromatic ring is 2. The highest BCUT2D eigenvalue weighted by atomic mass is 19.1. The Morgan fingerprint density at radius 1 is 0.333 bits per heavy atom. The molecule has 78 heavy (non-hydrogen) atoms. The fourth-order valence-electron chi connectivity index (χ4n) is 8.17. The number of carbonyl (C=O) groups excluding carboxylic acids is 3. The van der Waals surface area contributed by atoms with Crippen molar-refractivity contribution in [1.29, 1.82) is 0 Å². The summed E-state index contributed by atoms with van der Waals surface area (Å²) in [6, 6.07) is 72.0. The van der Waals surface area contributed by atoms with E-state index in [1.807, 2.05) is 115 Å². The van der Waals surface area contributed by atoms with E-state index < -0.39 is 12.1 Å². The standard InChI is InChI=1S/C36H32F2N4O2.C21H23N3.C7H8N2O/c37-30-12-18-32(19-13-30)39-35(43)22-26-6-8-28(9-7-26)24-42(23-27-4-2-1-3-5-27)25-29-10-16-33(17-11-29)40-36(44)41-34-20-14-31(38)15-21-34;22-20-10-6-18(7-11-20)15-24(14-17-4-2-1-3-5-17)16-19-8-12-21(23)13-9-19;8-7(10)9-6-4-2-1-3-5-6/h1-21H,22-25H2,(H,39,43)(H2,40,41,44);1-13H,14-16,22-23H2;1-5H,(H3,8,9,10). The van der Waals surface area contributed by atoms with E-state index in [2.05, 4.69) is 91.7 Å². The van der Waals surface area contributed by atoms with Gasteiger partial charge in [-0.25, -0.2) is 18.4 Å². The van der Waals surface area contributed by atoms with E-state index in [4.69, 9.17) is 17.2 Å². The van der Waals surface area contributed by atoms with Gasteiger partial charge >= 0.3 is 12.1 Å². The van der Waals surface area contributed by atoms with E-state index in [-0.39, 0.29) is 24.0 Å². The Morgan fingerprint density at radius 3 is 0.987 bits per heavy atom. The number of benzene rings is 9. The maximum atomic E-state index is 13.1. The molecule has 0 unspecified atom stereocenters. The predicted molar refractivity (Wildman–Crippen MR) is 311 cm³/mol. The summed E-state index contributed by atoms with van der Waals surface area (Å²) in [6.07, 6.45) is 0.216. The summed E-state index contributed by atoms with van der Waals surface area (Å²) >= 11 is 0. The lowest BCUT2D eigenvalue weighted by Crippen LogP contribution is -2.22. The summed E-state index contributed by atoms with van der Waals surface area (Å²) in [6.45, 7) is 4.76. The van der Waals surface area contributed by atoms with Crippen LogP contribution >= 0.6 is 0 Å². The van der Waals surface area contributed by atoms with Crippen molar-refractivity contribution in [3.8, 4) is 0 Å². The molecule has 9 rings (SSSR count). The van der Waals surface area contributed by atoms with Gasteiger partial charge in [0, 0.05) is 73.4 Å². The number of nitrogens with zero attached hydrogens (tertiary/aromatic N) is 2. The fraction of sp³-hybridized carbons (Fsp3) is 0.109. The summed E-state index contributed by atoms with van der Waals surface area (Å²) < 4.78 is 26.2. The van der Waals surface area contributed by atoms with Crippen LogP contribution in [-0.2, 0) is 50.5 Å². The van der Waals surface area contributed by atoms with Crippen molar-refractivity contribution >= 4 is 52.1 Å². The molecule has 0 aliphatic rings. The van der Waals surface area contributed by atoms with Crippen LogP contribution in [0, 0.1) is 11.6 Å². The van der Waals surface area contributed by atoms with E-state index in [1.54, 1.807) is 12.1 Å². The normalized spacial score (nSPS) is 10.6. The molecule has 12 nitrogen and oxygen atoms in total. The van der Waals surface area contributed by atoms with Gasteiger partial charge in [-0.2, -0.15) is 0 Å². The van der Waals surface area contributed by atoms with Crippen LogP contribution in [0.4, 0.5) is 52.5 Å². The third-order valence-corrected chi connectivity index (χ3v) is 12.0.